The van der Waals surface area contributed by atoms with E-state index in [9.17, 15) is 4.79 Å². The highest BCUT2D eigenvalue weighted by Gasteiger charge is 2.26. The zero-order valence-corrected chi connectivity index (χ0v) is 22.3. The molecule has 0 aliphatic heterocycles. The molecule has 190 valence electrons. The molecule has 0 unspecified atom stereocenters. The van der Waals surface area contributed by atoms with Gasteiger partial charge in [0.15, 0.2) is 0 Å². The van der Waals surface area contributed by atoms with E-state index in [0.29, 0.717) is 6.04 Å². The summed E-state index contributed by atoms with van der Waals surface area (Å²) < 4.78 is 0. The minimum absolute atomic E-state index is 0.0381. The minimum Gasteiger partial charge on any atom is -0.362 e. The lowest BCUT2D eigenvalue weighted by atomic mass is 9.84. The van der Waals surface area contributed by atoms with Crippen LogP contribution in [-0.4, -0.2) is 42.2 Å². The average molecular weight is 479 g/mol. The van der Waals surface area contributed by atoms with Crippen molar-refractivity contribution >= 4 is 23.5 Å². The summed E-state index contributed by atoms with van der Waals surface area (Å²) in [4.78, 5) is 24.7. The van der Waals surface area contributed by atoms with Crippen LogP contribution in [0.4, 0.5) is 22.2 Å². The van der Waals surface area contributed by atoms with Gasteiger partial charge in [-0.25, -0.2) is 9.78 Å². The summed E-state index contributed by atoms with van der Waals surface area (Å²) in [5.41, 5.74) is 5.65. The summed E-state index contributed by atoms with van der Waals surface area (Å²) in [6.07, 6.45) is 8.39. The number of rotatable bonds is 5. The lowest BCUT2D eigenvalue weighted by Gasteiger charge is -2.31. The van der Waals surface area contributed by atoms with Gasteiger partial charge in [-0.05, 0) is 74.8 Å². The SMILES string of the molecule is Cc1cccc(C(C)(C)C)c1NC(=O)NC1CCC(Nc2nc3c(c(N(C)C)n2)CCCC3)CC1. The van der Waals surface area contributed by atoms with Gasteiger partial charge in [-0.1, -0.05) is 39.0 Å². The molecule has 0 radical (unpaired) electrons. The molecule has 2 amide bonds. The molecule has 1 aromatic carbocycles. The number of aryl methyl sites for hydroxylation is 2. The largest absolute Gasteiger partial charge is 0.362 e. The lowest BCUT2D eigenvalue weighted by molar-refractivity contribution is 0.243. The maximum atomic E-state index is 12.9. The Balaban J connectivity index is 1.33. The molecule has 7 nitrogen and oxygen atoms in total. The molecule has 3 N–H and O–H groups in total. The van der Waals surface area contributed by atoms with E-state index in [0.717, 1.165) is 67.1 Å². The summed E-state index contributed by atoms with van der Waals surface area (Å²) in [6.45, 7) is 8.57. The number of hydrogen-bond donors (Lipinski definition) is 3. The molecule has 1 saturated carbocycles. The van der Waals surface area contributed by atoms with Crippen LogP contribution in [0.3, 0.4) is 0 Å². The second-order valence-electron chi connectivity index (χ2n) is 11.4. The number of hydrogen-bond acceptors (Lipinski definition) is 5. The van der Waals surface area contributed by atoms with Crippen LogP contribution in [0.25, 0.3) is 0 Å². The summed E-state index contributed by atoms with van der Waals surface area (Å²) in [5, 5.41) is 9.94. The number of nitrogens with zero attached hydrogens (tertiary/aromatic N) is 3. The molecule has 0 saturated heterocycles. The third-order valence-electron chi connectivity index (χ3n) is 7.30. The van der Waals surface area contributed by atoms with Gasteiger partial charge in [-0.3, -0.25) is 0 Å². The van der Waals surface area contributed by atoms with Crippen molar-refractivity contribution in [3.05, 3.63) is 40.6 Å². The molecule has 7 heteroatoms. The Kier molecular flexibility index (Phi) is 7.53. The molecule has 2 aliphatic carbocycles. The molecule has 1 heterocycles. The van der Waals surface area contributed by atoms with Gasteiger partial charge in [0.05, 0.1) is 5.69 Å². The van der Waals surface area contributed by atoms with E-state index >= 15 is 0 Å². The Bertz CT molecular complexity index is 1050. The molecule has 0 atom stereocenters. The topological polar surface area (TPSA) is 82.2 Å². The normalized spacial score (nSPS) is 20.1. The summed E-state index contributed by atoms with van der Waals surface area (Å²) in [7, 11) is 4.12. The van der Waals surface area contributed by atoms with E-state index in [2.05, 4.69) is 67.8 Å². The van der Waals surface area contributed by atoms with Gasteiger partial charge in [0, 0.05) is 37.4 Å². The monoisotopic (exact) mass is 478 g/mol. The van der Waals surface area contributed by atoms with Gasteiger partial charge in [0.25, 0.3) is 0 Å². The summed E-state index contributed by atoms with van der Waals surface area (Å²) in [6, 6.07) is 6.60. The number of carbonyl (C=O) groups is 1. The van der Waals surface area contributed by atoms with Crippen LogP contribution in [-0.2, 0) is 18.3 Å². The van der Waals surface area contributed by atoms with Crippen LogP contribution in [0.2, 0.25) is 0 Å². The van der Waals surface area contributed by atoms with E-state index in [1.54, 1.807) is 0 Å². The molecule has 2 aromatic rings. The molecule has 0 bridgehead atoms. The van der Waals surface area contributed by atoms with Crippen LogP contribution >= 0.6 is 0 Å². The fourth-order valence-corrected chi connectivity index (χ4v) is 5.37. The van der Waals surface area contributed by atoms with Crippen molar-refractivity contribution in [2.45, 2.75) is 96.6 Å². The predicted molar refractivity (Wildman–Crippen MR) is 145 cm³/mol. The van der Waals surface area contributed by atoms with Crippen LogP contribution in [0.15, 0.2) is 18.2 Å². The standard InChI is InChI=1S/C28H42N6O/c1-18-10-9-12-22(28(2,3)4)24(18)32-27(35)30-20-16-14-19(15-17-20)29-26-31-23-13-8-7-11-21(23)25(33-26)34(5)6/h9-10,12,19-20H,7-8,11,13-17H2,1-6H3,(H,29,31,33)(H2,30,32,35). The van der Waals surface area contributed by atoms with E-state index in [4.69, 9.17) is 9.97 Å². The molecular formula is C28H42N6O. The van der Waals surface area contributed by atoms with Crippen molar-refractivity contribution < 1.29 is 4.79 Å². The first-order chi connectivity index (χ1) is 16.6. The number of fused-ring (bicyclic) bond motifs is 1. The Labute approximate surface area is 210 Å². The van der Waals surface area contributed by atoms with Crippen LogP contribution in [0.5, 0.6) is 0 Å². The molecule has 4 rings (SSSR count). The molecule has 2 aliphatic rings. The second kappa shape index (κ2) is 10.4. The Morgan fingerprint density at radius 3 is 2.37 bits per heavy atom. The van der Waals surface area contributed by atoms with E-state index in [-0.39, 0.29) is 17.5 Å². The molecular weight excluding hydrogens is 436 g/mol. The number of para-hydroxylation sites is 1. The lowest BCUT2D eigenvalue weighted by Crippen LogP contribution is -2.42. The minimum atomic E-state index is -0.116. The average Bonchev–Trinajstić information content (AvgIpc) is 2.80. The van der Waals surface area contributed by atoms with Crippen LogP contribution in [0, 0.1) is 6.92 Å². The van der Waals surface area contributed by atoms with Crippen molar-refractivity contribution in [2.75, 3.05) is 29.6 Å². The summed E-state index contributed by atoms with van der Waals surface area (Å²) >= 11 is 0. The zero-order chi connectivity index (χ0) is 25.2. The third-order valence-corrected chi connectivity index (χ3v) is 7.30. The highest BCUT2D eigenvalue weighted by molar-refractivity contribution is 5.91. The highest BCUT2D eigenvalue weighted by atomic mass is 16.2. The van der Waals surface area contributed by atoms with E-state index in [1.807, 2.05) is 13.0 Å². The number of aromatic nitrogens is 2. The maximum absolute atomic E-state index is 12.9. The fraction of sp³-hybridized carbons (Fsp3) is 0.607. The first-order valence-corrected chi connectivity index (χ1v) is 13.1. The van der Waals surface area contributed by atoms with Gasteiger partial charge in [0.2, 0.25) is 5.95 Å². The first-order valence-electron chi connectivity index (χ1n) is 13.1. The van der Waals surface area contributed by atoms with Gasteiger partial charge < -0.3 is 20.9 Å². The number of carbonyl (C=O) groups excluding carboxylic acids is 1. The highest BCUT2D eigenvalue weighted by Crippen LogP contribution is 2.32. The van der Waals surface area contributed by atoms with Gasteiger partial charge in [0.1, 0.15) is 5.82 Å². The molecule has 0 spiro atoms. The smallest absolute Gasteiger partial charge is 0.319 e. The summed E-state index contributed by atoms with van der Waals surface area (Å²) in [5.74, 6) is 1.80. The van der Waals surface area contributed by atoms with Crippen molar-refractivity contribution in [1.29, 1.82) is 0 Å². The number of anilines is 3. The predicted octanol–water partition coefficient (Wildman–Crippen LogP) is 5.57. The van der Waals surface area contributed by atoms with Crippen molar-refractivity contribution in [3.8, 4) is 0 Å². The molecule has 1 fully saturated rings. The first kappa shape index (κ1) is 25.3. The molecule has 1 aromatic heterocycles. The fourth-order valence-electron chi connectivity index (χ4n) is 5.37. The molecule has 35 heavy (non-hydrogen) atoms. The van der Waals surface area contributed by atoms with Crippen LogP contribution < -0.4 is 20.9 Å². The van der Waals surface area contributed by atoms with Gasteiger partial charge in [-0.15, -0.1) is 0 Å². The van der Waals surface area contributed by atoms with Crippen molar-refractivity contribution in [3.63, 3.8) is 0 Å². The zero-order valence-electron chi connectivity index (χ0n) is 22.3. The van der Waals surface area contributed by atoms with Gasteiger partial charge in [-0.2, -0.15) is 4.98 Å². The quantitative estimate of drug-likeness (QED) is 0.523. The Morgan fingerprint density at radius 1 is 1.00 bits per heavy atom. The van der Waals surface area contributed by atoms with E-state index in [1.165, 1.54) is 24.1 Å². The van der Waals surface area contributed by atoms with E-state index < -0.39 is 0 Å². The van der Waals surface area contributed by atoms with Gasteiger partial charge >= 0.3 is 6.03 Å². The Hall–Kier alpha value is -2.83. The number of urea groups is 1. The Morgan fingerprint density at radius 2 is 1.69 bits per heavy atom. The maximum Gasteiger partial charge on any atom is 0.319 e. The number of nitrogens with one attached hydrogen (secondary N) is 3. The van der Waals surface area contributed by atoms with Crippen molar-refractivity contribution in [2.24, 2.45) is 0 Å². The number of amides is 2. The second-order valence-corrected chi connectivity index (χ2v) is 11.4. The van der Waals surface area contributed by atoms with Crippen molar-refractivity contribution in [1.82, 2.24) is 15.3 Å². The number of benzene rings is 1. The third kappa shape index (κ3) is 6.06. The van der Waals surface area contributed by atoms with Crippen LogP contribution in [0.1, 0.15) is 81.7 Å².